The smallest absolute Gasteiger partial charge is 0.335 e. The number of carboxylic acid groups (broad SMARTS) is 1. The van der Waals surface area contributed by atoms with Crippen molar-refractivity contribution in [3.05, 3.63) is 53.1 Å². The molecule has 1 unspecified atom stereocenters. The third kappa shape index (κ3) is 3.53. The van der Waals surface area contributed by atoms with E-state index in [2.05, 4.69) is 5.32 Å². The van der Waals surface area contributed by atoms with Crippen LogP contribution in [0.3, 0.4) is 0 Å². The Kier molecular flexibility index (Phi) is 5.04. The van der Waals surface area contributed by atoms with Crippen LogP contribution in [0.5, 0.6) is 5.75 Å². The molecule has 0 aliphatic carbocycles. The van der Waals surface area contributed by atoms with Crippen LogP contribution in [0.25, 0.3) is 0 Å². The zero-order chi connectivity index (χ0) is 20.6. The fraction of sp³-hybridized carbons (Fsp3) is 0.250. The maximum atomic E-state index is 13.0. The Hall–Kier alpha value is -3.06. The highest BCUT2D eigenvalue weighted by Gasteiger charge is 2.44. The van der Waals surface area contributed by atoms with Crippen LogP contribution in [0.4, 0.5) is 11.4 Å². The predicted molar refractivity (Wildman–Crippen MR) is 105 cm³/mol. The molecule has 2 aromatic carbocycles. The monoisotopic (exact) mass is 402 g/mol. The molecule has 2 N–H and O–H groups in total. The van der Waals surface area contributed by atoms with Crippen LogP contribution in [0, 0.1) is 0 Å². The Morgan fingerprint density at radius 3 is 2.54 bits per heavy atom. The summed E-state index contributed by atoms with van der Waals surface area (Å²) in [5, 5.41) is 12.3. The molecule has 146 valence electrons. The summed E-state index contributed by atoms with van der Waals surface area (Å²) in [7, 11) is 0. The minimum absolute atomic E-state index is 0.0152. The third-order valence-corrected chi connectivity index (χ3v) is 4.79. The first-order chi connectivity index (χ1) is 13.1. The van der Waals surface area contributed by atoms with Crippen LogP contribution in [0.1, 0.15) is 31.1 Å². The van der Waals surface area contributed by atoms with E-state index < -0.39 is 29.4 Å². The number of carboxylic acids is 1. The molecule has 0 spiro atoms. The highest BCUT2D eigenvalue weighted by Crippen LogP contribution is 2.39. The topological polar surface area (TPSA) is 95.9 Å². The number of nitrogens with one attached hydrogen (secondary N) is 1. The van der Waals surface area contributed by atoms with Crippen molar-refractivity contribution >= 4 is 40.8 Å². The molecule has 1 atom stereocenters. The van der Waals surface area contributed by atoms with Crippen molar-refractivity contribution in [2.75, 3.05) is 10.2 Å². The van der Waals surface area contributed by atoms with E-state index in [1.165, 1.54) is 23.1 Å². The van der Waals surface area contributed by atoms with Gasteiger partial charge in [-0.15, -0.1) is 0 Å². The standard InChI is InChI=1S/C20H19ClN2O5/c1-11(17(24)22-14-7-5-4-6-13(14)21)23-15-10-12(18(25)26)8-9-16(15)28-20(2,3)19(23)27/h4-11H,1-3H3,(H,22,24)(H,25,26). The number of rotatable bonds is 4. The van der Waals surface area contributed by atoms with Gasteiger partial charge in [-0.05, 0) is 51.1 Å². The number of aromatic carboxylic acids is 1. The van der Waals surface area contributed by atoms with Gasteiger partial charge in [0.25, 0.3) is 5.91 Å². The summed E-state index contributed by atoms with van der Waals surface area (Å²) in [6, 6.07) is 10.0. The number of hydrogen-bond donors (Lipinski definition) is 2. The molecule has 0 saturated carbocycles. The van der Waals surface area contributed by atoms with Crippen molar-refractivity contribution in [3.8, 4) is 5.75 Å². The molecule has 7 nitrogen and oxygen atoms in total. The van der Waals surface area contributed by atoms with Gasteiger partial charge in [0.1, 0.15) is 11.8 Å². The maximum Gasteiger partial charge on any atom is 0.335 e. The lowest BCUT2D eigenvalue weighted by Gasteiger charge is -2.41. The number of nitrogens with zero attached hydrogens (tertiary/aromatic N) is 1. The number of halogens is 1. The molecule has 1 heterocycles. The van der Waals surface area contributed by atoms with Gasteiger partial charge in [0.2, 0.25) is 5.91 Å². The van der Waals surface area contributed by atoms with Gasteiger partial charge in [-0.3, -0.25) is 14.5 Å². The first-order valence-electron chi connectivity index (χ1n) is 8.57. The maximum absolute atomic E-state index is 13.0. The SMILES string of the molecule is CC(C(=O)Nc1ccccc1Cl)N1C(=O)C(C)(C)Oc2ccc(C(=O)O)cc21. The molecule has 2 amide bonds. The van der Waals surface area contributed by atoms with Crippen LogP contribution in [0.2, 0.25) is 5.02 Å². The molecule has 8 heteroatoms. The minimum atomic E-state index is -1.21. The fourth-order valence-electron chi connectivity index (χ4n) is 2.94. The molecule has 0 radical (unpaired) electrons. The van der Waals surface area contributed by atoms with Crippen molar-refractivity contribution in [2.24, 2.45) is 0 Å². The van der Waals surface area contributed by atoms with Crippen LogP contribution < -0.4 is 15.0 Å². The summed E-state index contributed by atoms with van der Waals surface area (Å²) in [5.74, 6) is -1.74. The van der Waals surface area contributed by atoms with E-state index in [1.54, 1.807) is 45.0 Å². The predicted octanol–water partition coefficient (Wildman–Crippen LogP) is 3.57. The Labute approximate surface area is 166 Å². The Morgan fingerprint density at radius 2 is 1.89 bits per heavy atom. The average Bonchev–Trinajstić information content (AvgIpc) is 2.63. The van der Waals surface area contributed by atoms with Crippen LogP contribution in [-0.2, 0) is 9.59 Å². The van der Waals surface area contributed by atoms with Gasteiger partial charge < -0.3 is 15.2 Å². The van der Waals surface area contributed by atoms with Gasteiger partial charge in [0, 0.05) is 0 Å². The van der Waals surface area contributed by atoms with Crippen molar-refractivity contribution < 1.29 is 24.2 Å². The van der Waals surface area contributed by atoms with E-state index in [4.69, 9.17) is 16.3 Å². The number of anilines is 2. The summed E-state index contributed by atoms with van der Waals surface area (Å²) in [6.07, 6.45) is 0. The van der Waals surface area contributed by atoms with Crippen molar-refractivity contribution in [1.29, 1.82) is 0 Å². The number of fused-ring (bicyclic) bond motifs is 1. The zero-order valence-electron chi connectivity index (χ0n) is 15.5. The summed E-state index contributed by atoms with van der Waals surface area (Å²) in [6.45, 7) is 4.74. The molecule has 0 bridgehead atoms. The summed E-state index contributed by atoms with van der Waals surface area (Å²) in [4.78, 5) is 38.4. The number of hydrogen-bond acceptors (Lipinski definition) is 4. The van der Waals surface area contributed by atoms with Gasteiger partial charge in [0.05, 0.1) is 22.0 Å². The Bertz CT molecular complexity index is 973. The molecule has 2 aromatic rings. The summed E-state index contributed by atoms with van der Waals surface area (Å²) < 4.78 is 5.73. The van der Waals surface area contributed by atoms with E-state index >= 15 is 0 Å². The number of carbonyl (C=O) groups excluding carboxylic acids is 2. The molecule has 3 rings (SSSR count). The highest BCUT2D eigenvalue weighted by atomic mass is 35.5. The summed E-state index contributed by atoms with van der Waals surface area (Å²) >= 11 is 6.09. The first-order valence-corrected chi connectivity index (χ1v) is 8.95. The van der Waals surface area contributed by atoms with Crippen LogP contribution in [-0.4, -0.2) is 34.5 Å². The van der Waals surface area contributed by atoms with Crippen molar-refractivity contribution in [2.45, 2.75) is 32.4 Å². The molecule has 28 heavy (non-hydrogen) atoms. The molecule has 1 aliphatic rings. The van der Waals surface area contributed by atoms with Crippen LogP contribution >= 0.6 is 11.6 Å². The number of para-hydroxylation sites is 1. The lowest BCUT2D eigenvalue weighted by Crippen LogP contribution is -2.58. The largest absolute Gasteiger partial charge is 0.478 e. The quantitative estimate of drug-likeness (QED) is 0.815. The molecule has 0 saturated heterocycles. The lowest BCUT2D eigenvalue weighted by atomic mass is 10.0. The second-order valence-corrected chi connectivity index (χ2v) is 7.33. The van der Waals surface area contributed by atoms with Gasteiger partial charge in [-0.1, -0.05) is 23.7 Å². The summed E-state index contributed by atoms with van der Waals surface area (Å²) in [5.41, 5.74) is -0.582. The number of amides is 2. The van der Waals surface area contributed by atoms with Crippen molar-refractivity contribution in [3.63, 3.8) is 0 Å². The van der Waals surface area contributed by atoms with Gasteiger partial charge in [0.15, 0.2) is 5.60 Å². The molecular formula is C20H19ClN2O5. The molecule has 1 aliphatic heterocycles. The average molecular weight is 403 g/mol. The Balaban J connectivity index is 2.00. The normalized spacial score (nSPS) is 16.0. The zero-order valence-corrected chi connectivity index (χ0v) is 16.3. The fourth-order valence-corrected chi connectivity index (χ4v) is 3.13. The number of benzene rings is 2. The lowest BCUT2D eigenvalue weighted by molar-refractivity contribution is -0.134. The van der Waals surface area contributed by atoms with E-state index in [-0.39, 0.29) is 11.3 Å². The van der Waals surface area contributed by atoms with Gasteiger partial charge in [-0.25, -0.2) is 4.79 Å². The van der Waals surface area contributed by atoms with E-state index in [9.17, 15) is 19.5 Å². The van der Waals surface area contributed by atoms with E-state index in [0.29, 0.717) is 16.5 Å². The number of carbonyl (C=O) groups is 3. The van der Waals surface area contributed by atoms with E-state index in [0.717, 1.165) is 0 Å². The molecule has 0 fully saturated rings. The van der Waals surface area contributed by atoms with E-state index in [1.807, 2.05) is 0 Å². The van der Waals surface area contributed by atoms with Crippen LogP contribution in [0.15, 0.2) is 42.5 Å². The molecular weight excluding hydrogens is 384 g/mol. The Morgan fingerprint density at radius 1 is 1.21 bits per heavy atom. The highest BCUT2D eigenvalue weighted by molar-refractivity contribution is 6.33. The second-order valence-electron chi connectivity index (χ2n) is 6.92. The second kappa shape index (κ2) is 7.16. The first kappa shape index (κ1) is 19.7. The number of ether oxygens (including phenoxy) is 1. The van der Waals surface area contributed by atoms with Crippen molar-refractivity contribution in [1.82, 2.24) is 0 Å². The van der Waals surface area contributed by atoms with Gasteiger partial charge >= 0.3 is 5.97 Å². The minimum Gasteiger partial charge on any atom is -0.478 e. The molecule has 0 aromatic heterocycles. The van der Waals surface area contributed by atoms with Gasteiger partial charge in [-0.2, -0.15) is 0 Å². The third-order valence-electron chi connectivity index (χ3n) is 4.46.